The summed E-state index contributed by atoms with van der Waals surface area (Å²) < 4.78 is 2.00. The van der Waals surface area contributed by atoms with Crippen LogP contribution in [0.2, 0.25) is 0 Å². The number of rotatable bonds is 5. The molecule has 3 rings (SSSR count). The highest BCUT2D eigenvalue weighted by atomic mass is 79.9. The van der Waals surface area contributed by atoms with E-state index in [9.17, 15) is 14.4 Å². The number of aromatic nitrogens is 2. The van der Waals surface area contributed by atoms with Crippen molar-refractivity contribution in [2.24, 2.45) is 0 Å². The van der Waals surface area contributed by atoms with Gasteiger partial charge in [-0.15, -0.1) is 0 Å². The Bertz CT molecular complexity index is 1090. The van der Waals surface area contributed by atoms with E-state index in [2.05, 4.69) is 31.7 Å². The quantitative estimate of drug-likeness (QED) is 0.636. The largest absolute Gasteiger partial charge is 0.326 e. The molecule has 0 unspecified atom stereocenters. The first-order valence-corrected chi connectivity index (χ1v) is 9.21. The molecule has 7 nitrogen and oxygen atoms in total. The summed E-state index contributed by atoms with van der Waals surface area (Å²) in [6.07, 6.45) is 0. The lowest BCUT2D eigenvalue weighted by Gasteiger charge is -2.10. The number of nitrogens with one attached hydrogen (secondary N) is 2. The van der Waals surface area contributed by atoms with Gasteiger partial charge in [-0.05, 0) is 36.4 Å². The van der Waals surface area contributed by atoms with Crippen LogP contribution in [-0.2, 0) is 16.1 Å². The molecule has 0 saturated carbocycles. The van der Waals surface area contributed by atoms with Crippen LogP contribution in [0.1, 0.15) is 6.92 Å². The van der Waals surface area contributed by atoms with Gasteiger partial charge in [-0.2, -0.15) is 5.10 Å². The summed E-state index contributed by atoms with van der Waals surface area (Å²) in [5.74, 6) is -0.607. The van der Waals surface area contributed by atoms with Gasteiger partial charge < -0.3 is 10.6 Å². The molecule has 3 aromatic rings. The Morgan fingerprint density at radius 1 is 1.00 bits per heavy atom. The molecule has 0 saturated heterocycles. The fourth-order valence-corrected chi connectivity index (χ4v) is 2.98. The zero-order valence-electron chi connectivity index (χ0n) is 15.0. The predicted octanol–water partition coefficient (Wildman–Crippen LogP) is 3.27. The van der Waals surface area contributed by atoms with Crippen molar-refractivity contribution in [3.05, 3.63) is 75.5 Å². The van der Waals surface area contributed by atoms with Gasteiger partial charge in [0.05, 0.1) is 5.69 Å². The van der Waals surface area contributed by atoms with E-state index in [1.807, 2.05) is 24.3 Å². The Morgan fingerprint density at radius 2 is 1.71 bits per heavy atom. The van der Waals surface area contributed by atoms with E-state index >= 15 is 0 Å². The minimum Gasteiger partial charge on any atom is -0.326 e. The first-order valence-electron chi connectivity index (χ1n) is 8.42. The molecule has 0 atom stereocenters. The maximum absolute atomic E-state index is 12.4. The van der Waals surface area contributed by atoms with Crippen molar-refractivity contribution in [3.63, 3.8) is 0 Å². The topological polar surface area (TPSA) is 93.1 Å². The van der Waals surface area contributed by atoms with Crippen molar-refractivity contribution < 1.29 is 9.59 Å². The lowest BCUT2D eigenvalue weighted by atomic mass is 10.1. The smallest absolute Gasteiger partial charge is 0.267 e. The maximum atomic E-state index is 12.4. The van der Waals surface area contributed by atoms with Crippen LogP contribution in [0.25, 0.3) is 11.3 Å². The summed E-state index contributed by atoms with van der Waals surface area (Å²) in [6, 6.07) is 17.3. The van der Waals surface area contributed by atoms with Crippen molar-refractivity contribution >= 4 is 39.1 Å². The number of carbonyl (C=O) groups is 2. The predicted molar refractivity (Wildman–Crippen MR) is 111 cm³/mol. The second kappa shape index (κ2) is 8.62. The molecule has 0 bridgehead atoms. The van der Waals surface area contributed by atoms with Crippen LogP contribution in [0.3, 0.4) is 0 Å². The lowest BCUT2D eigenvalue weighted by molar-refractivity contribution is -0.117. The molecule has 0 aliphatic carbocycles. The third-order valence-electron chi connectivity index (χ3n) is 3.75. The standard InChI is InChI=1S/C20H17BrN4O3/c1-13(26)22-16-6-3-7-17(11-16)23-19(27)12-25-20(28)9-8-18(24-25)14-4-2-5-15(21)10-14/h2-11H,12H2,1H3,(H,22,26)(H,23,27). The number of hydrogen-bond donors (Lipinski definition) is 2. The Balaban J connectivity index is 1.76. The average Bonchev–Trinajstić information content (AvgIpc) is 2.63. The Hall–Kier alpha value is -3.26. The van der Waals surface area contributed by atoms with E-state index in [0.29, 0.717) is 17.1 Å². The molecular formula is C20H17BrN4O3. The third kappa shape index (κ3) is 5.14. The molecule has 0 fully saturated rings. The summed E-state index contributed by atoms with van der Waals surface area (Å²) in [5, 5.41) is 9.64. The summed E-state index contributed by atoms with van der Waals surface area (Å²) in [5.41, 5.74) is 2.11. The maximum Gasteiger partial charge on any atom is 0.267 e. The van der Waals surface area contributed by atoms with Gasteiger partial charge >= 0.3 is 0 Å². The molecule has 0 aliphatic heterocycles. The minimum atomic E-state index is -0.402. The molecule has 0 radical (unpaired) electrons. The van der Waals surface area contributed by atoms with Crippen LogP contribution in [0.4, 0.5) is 11.4 Å². The van der Waals surface area contributed by atoms with Crippen molar-refractivity contribution in [2.75, 3.05) is 10.6 Å². The normalized spacial score (nSPS) is 10.4. The molecule has 0 aliphatic rings. The van der Waals surface area contributed by atoms with Gasteiger partial charge in [-0.1, -0.05) is 34.1 Å². The molecule has 8 heteroatoms. The highest BCUT2D eigenvalue weighted by Crippen LogP contribution is 2.20. The van der Waals surface area contributed by atoms with Crippen molar-refractivity contribution in [3.8, 4) is 11.3 Å². The van der Waals surface area contributed by atoms with Crippen LogP contribution in [0.15, 0.2) is 69.9 Å². The number of nitrogens with zero attached hydrogens (tertiary/aromatic N) is 2. The van der Waals surface area contributed by atoms with Crippen LogP contribution in [0, 0.1) is 0 Å². The molecule has 2 amide bonds. The van der Waals surface area contributed by atoms with E-state index in [1.165, 1.54) is 13.0 Å². The Kier molecular flexibility index (Phi) is 6.00. The highest BCUT2D eigenvalue weighted by Gasteiger charge is 2.09. The second-order valence-corrected chi connectivity index (χ2v) is 6.95. The number of carbonyl (C=O) groups excluding carboxylic acids is 2. The van der Waals surface area contributed by atoms with Gasteiger partial charge in [0.15, 0.2) is 0 Å². The third-order valence-corrected chi connectivity index (χ3v) is 4.24. The summed E-state index contributed by atoms with van der Waals surface area (Å²) in [6.45, 7) is 1.17. The Labute approximate surface area is 169 Å². The number of benzene rings is 2. The van der Waals surface area contributed by atoms with Crippen molar-refractivity contribution in [2.45, 2.75) is 13.5 Å². The summed E-state index contributed by atoms with van der Waals surface area (Å²) in [4.78, 5) is 35.6. The minimum absolute atomic E-state index is 0.205. The van der Waals surface area contributed by atoms with Crippen LogP contribution >= 0.6 is 15.9 Å². The van der Waals surface area contributed by atoms with Crippen molar-refractivity contribution in [1.29, 1.82) is 0 Å². The molecule has 2 N–H and O–H groups in total. The molecular weight excluding hydrogens is 424 g/mol. The first kappa shape index (κ1) is 19.5. The summed E-state index contributed by atoms with van der Waals surface area (Å²) >= 11 is 3.40. The van der Waals surface area contributed by atoms with Gasteiger partial charge in [0.25, 0.3) is 5.56 Å². The molecule has 1 aromatic heterocycles. The van der Waals surface area contributed by atoms with Crippen LogP contribution < -0.4 is 16.2 Å². The molecule has 28 heavy (non-hydrogen) atoms. The Morgan fingerprint density at radius 3 is 2.43 bits per heavy atom. The lowest BCUT2D eigenvalue weighted by Crippen LogP contribution is -2.29. The number of amides is 2. The van der Waals surface area contributed by atoms with Crippen molar-refractivity contribution in [1.82, 2.24) is 9.78 Å². The van der Waals surface area contributed by atoms with E-state index in [4.69, 9.17) is 0 Å². The number of hydrogen-bond acceptors (Lipinski definition) is 4. The van der Waals surface area contributed by atoms with Crippen LogP contribution in [-0.4, -0.2) is 21.6 Å². The first-order chi connectivity index (χ1) is 13.4. The highest BCUT2D eigenvalue weighted by molar-refractivity contribution is 9.10. The fraction of sp³-hybridized carbons (Fsp3) is 0.100. The zero-order chi connectivity index (χ0) is 20.1. The summed E-state index contributed by atoms with van der Waals surface area (Å²) in [7, 11) is 0. The average molecular weight is 441 g/mol. The fourth-order valence-electron chi connectivity index (χ4n) is 2.58. The SMILES string of the molecule is CC(=O)Nc1cccc(NC(=O)Cn2nc(-c3cccc(Br)c3)ccc2=O)c1. The van der Waals surface area contributed by atoms with Gasteiger partial charge in [0.1, 0.15) is 6.54 Å². The second-order valence-electron chi connectivity index (χ2n) is 6.03. The van der Waals surface area contributed by atoms with E-state index < -0.39 is 5.91 Å². The van der Waals surface area contributed by atoms with Gasteiger partial charge in [0, 0.05) is 34.4 Å². The monoisotopic (exact) mass is 440 g/mol. The van der Waals surface area contributed by atoms with Gasteiger partial charge in [-0.3, -0.25) is 14.4 Å². The molecule has 1 heterocycles. The van der Waals surface area contributed by atoms with Gasteiger partial charge in [0.2, 0.25) is 11.8 Å². The molecule has 2 aromatic carbocycles. The van der Waals surface area contributed by atoms with Crippen LogP contribution in [0.5, 0.6) is 0 Å². The number of anilines is 2. The molecule has 0 spiro atoms. The number of halogens is 1. The van der Waals surface area contributed by atoms with Gasteiger partial charge in [-0.25, -0.2) is 4.68 Å². The van der Waals surface area contributed by atoms with E-state index in [0.717, 1.165) is 14.7 Å². The zero-order valence-corrected chi connectivity index (χ0v) is 16.6. The van der Waals surface area contributed by atoms with E-state index in [1.54, 1.807) is 30.3 Å². The van der Waals surface area contributed by atoms with E-state index in [-0.39, 0.29) is 18.0 Å². The molecule has 142 valence electrons.